The van der Waals surface area contributed by atoms with E-state index in [-0.39, 0.29) is 45.1 Å². The number of furan rings is 1. The van der Waals surface area contributed by atoms with Gasteiger partial charge in [0, 0.05) is 5.56 Å². The number of hydrogen-bond acceptors (Lipinski definition) is 6. The van der Waals surface area contributed by atoms with Gasteiger partial charge in [0.05, 0.1) is 22.4 Å². The molecule has 0 saturated heterocycles. The highest BCUT2D eigenvalue weighted by Gasteiger charge is 2.37. The minimum Gasteiger partial charge on any atom is -0.444 e. The van der Waals surface area contributed by atoms with E-state index in [4.69, 9.17) is 10.2 Å². The van der Waals surface area contributed by atoms with Crippen molar-refractivity contribution >= 4 is 41.0 Å². The lowest BCUT2D eigenvalue weighted by molar-refractivity contribution is 0.0923. The average molecular weight is 449 g/mol. The Morgan fingerprint density at radius 2 is 1.61 bits per heavy atom. The van der Waals surface area contributed by atoms with Crippen LogP contribution >= 0.6 is 0 Å². The Kier molecular flexibility index (Phi) is 5.13. The van der Waals surface area contributed by atoms with Gasteiger partial charge in [0.25, 0.3) is 23.6 Å². The summed E-state index contributed by atoms with van der Waals surface area (Å²) in [5, 5.41) is 2.38. The number of nitrogens with one attached hydrogen (secondary N) is 1. The fourth-order valence-electron chi connectivity index (χ4n) is 3.67. The van der Waals surface area contributed by atoms with Crippen LogP contribution in [-0.2, 0) is 0 Å². The van der Waals surface area contributed by atoms with Crippen LogP contribution in [0.2, 0.25) is 0 Å². The number of Topliss-reactive ketones (excluding diaryl/α,β-unsaturated/α-hetero) is 1. The summed E-state index contributed by atoms with van der Waals surface area (Å²) in [6.45, 7) is 2.68. The fourth-order valence-corrected chi connectivity index (χ4v) is 3.67. The van der Waals surface area contributed by atoms with Crippen LogP contribution in [0.15, 0.2) is 46.9 Å². The predicted molar refractivity (Wildman–Crippen MR) is 114 cm³/mol. The number of carbonyl (C=O) groups excluding carboxylic acids is 5. The average Bonchev–Trinajstić information content (AvgIpc) is 3.22. The predicted octanol–water partition coefficient (Wildman–Crippen LogP) is 3.08. The quantitative estimate of drug-likeness (QED) is 0.453. The molecule has 10 heteroatoms. The molecule has 4 amide bonds. The number of benzene rings is 2. The highest BCUT2D eigenvalue weighted by molar-refractivity contribution is 6.34. The van der Waals surface area contributed by atoms with Gasteiger partial charge in [0.2, 0.25) is 5.88 Å². The molecule has 4 rings (SSSR count). The summed E-state index contributed by atoms with van der Waals surface area (Å²) in [5.74, 6) is -4.19. The number of anilines is 2. The molecule has 0 unspecified atom stereocenters. The first-order chi connectivity index (χ1) is 15.6. The molecule has 1 aliphatic heterocycles. The van der Waals surface area contributed by atoms with E-state index in [9.17, 15) is 28.4 Å². The summed E-state index contributed by atoms with van der Waals surface area (Å²) < 4.78 is 18.6. The Balaban J connectivity index is 1.66. The van der Waals surface area contributed by atoms with E-state index >= 15 is 0 Å². The minimum atomic E-state index is -0.961. The van der Waals surface area contributed by atoms with Crippen LogP contribution in [0, 0.1) is 12.7 Å². The second kappa shape index (κ2) is 7.83. The first-order valence-corrected chi connectivity index (χ1v) is 9.64. The fraction of sp³-hybridized carbons (Fsp3) is 0.0870. The molecule has 1 aliphatic rings. The van der Waals surface area contributed by atoms with Crippen molar-refractivity contribution < 1.29 is 32.8 Å². The molecule has 3 N–H and O–H groups in total. The molecule has 166 valence electrons. The zero-order chi connectivity index (χ0) is 24.0. The van der Waals surface area contributed by atoms with Crippen LogP contribution < -0.4 is 16.0 Å². The molecule has 0 aliphatic carbocycles. The van der Waals surface area contributed by atoms with Crippen molar-refractivity contribution in [2.75, 3.05) is 10.2 Å². The van der Waals surface area contributed by atoms with Crippen LogP contribution in [0.3, 0.4) is 0 Å². The molecule has 0 radical (unpaired) electrons. The summed E-state index contributed by atoms with van der Waals surface area (Å²) in [6.07, 6.45) is 0. The molecule has 0 saturated carbocycles. The lowest BCUT2D eigenvalue weighted by atomic mass is 10.0. The van der Waals surface area contributed by atoms with Gasteiger partial charge in [-0.3, -0.25) is 29.3 Å². The summed E-state index contributed by atoms with van der Waals surface area (Å²) in [6, 6.07) is 8.68. The van der Waals surface area contributed by atoms with Crippen molar-refractivity contribution in [1.29, 1.82) is 0 Å². The van der Waals surface area contributed by atoms with Gasteiger partial charge in [-0.05, 0) is 56.3 Å². The molecule has 0 atom stereocenters. The number of ketones is 1. The van der Waals surface area contributed by atoms with Gasteiger partial charge >= 0.3 is 0 Å². The van der Waals surface area contributed by atoms with E-state index in [0.29, 0.717) is 0 Å². The molecular formula is C23H16FN3O6. The monoisotopic (exact) mass is 449 g/mol. The first-order valence-electron chi connectivity index (χ1n) is 9.64. The molecular weight excluding hydrogens is 433 g/mol. The maximum Gasteiger partial charge on any atom is 0.266 e. The molecule has 33 heavy (non-hydrogen) atoms. The molecule has 0 fully saturated rings. The van der Waals surface area contributed by atoms with Crippen LogP contribution in [0.4, 0.5) is 16.0 Å². The molecule has 2 aromatic carbocycles. The number of fused-ring (bicyclic) bond motifs is 1. The van der Waals surface area contributed by atoms with Crippen molar-refractivity contribution in [3.63, 3.8) is 0 Å². The maximum atomic E-state index is 13.2. The third-order valence-corrected chi connectivity index (χ3v) is 5.14. The number of aryl methyl sites for hydroxylation is 1. The minimum absolute atomic E-state index is 0.00953. The summed E-state index contributed by atoms with van der Waals surface area (Å²) >= 11 is 0. The zero-order valence-electron chi connectivity index (χ0n) is 17.4. The number of rotatable bonds is 5. The van der Waals surface area contributed by atoms with Crippen LogP contribution in [0.5, 0.6) is 0 Å². The zero-order valence-corrected chi connectivity index (χ0v) is 17.4. The van der Waals surface area contributed by atoms with E-state index in [1.54, 1.807) is 0 Å². The van der Waals surface area contributed by atoms with Crippen molar-refractivity contribution in [3.05, 3.63) is 81.9 Å². The summed E-state index contributed by atoms with van der Waals surface area (Å²) in [4.78, 5) is 62.9. The van der Waals surface area contributed by atoms with Gasteiger partial charge in [-0.25, -0.2) is 9.29 Å². The molecule has 9 nitrogen and oxygen atoms in total. The SMILES string of the molecule is CC(=O)c1c(C)oc(NC(=O)c2ccc3c(c2)C(=O)N(c2ccc(F)cc2)C3=O)c1C(N)=O. The van der Waals surface area contributed by atoms with Gasteiger partial charge < -0.3 is 10.2 Å². The van der Waals surface area contributed by atoms with Crippen molar-refractivity contribution in [1.82, 2.24) is 0 Å². The van der Waals surface area contributed by atoms with E-state index < -0.39 is 35.2 Å². The smallest absolute Gasteiger partial charge is 0.266 e. The number of nitrogens with zero attached hydrogens (tertiary/aromatic N) is 1. The van der Waals surface area contributed by atoms with Gasteiger partial charge in [-0.1, -0.05) is 0 Å². The number of primary amides is 1. The molecule has 0 spiro atoms. The number of hydrogen-bond donors (Lipinski definition) is 2. The number of nitrogens with two attached hydrogens (primary N) is 1. The Hall–Kier alpha value is -4.60. The van der Waals surface area contributed by atoms with E-state index in [2.05, 4.69) is 5.32 Å². The normalized spacial score (nSPS) is 12.6. The molecule has 1 aromatic heterocycles. The number of halogens is 1. The number of carbonyl (C=O) groups is 5. The lowest BCUT2D eigenvalue weighted by Crippen LogP contribution is -2.29. The van der Waals surface area contributed by atoms with Gasteiger partial charge in [0.1, 0.15) is 17.1 Å². The largest absolute Gasteiger partial charge is 0.444 e. The van der Waals surface area contributed by atoms with E-state index in [0.717, 1.165) is 17.0 Å². The Labute approximate surface area is 186 Å². The highest BCUT2D eigenvalue weighted by atomic mass is 19.1. The Morgan fingerprint density at radius 3 is 2.21 bits per heavy atom. The van der Waals surface area contributed by atoms with Gasteiger partial charge in [-0.2, -0.15) is 0 Å². The van der Waals surface area contributed by atoms with Crippen LogP contribution in [0.1, 0.15) is 64.5 Å². The first kappa shape index (κ1) is 21.6. The highest BCUT2D eigenvalue weighted by Crippen LogP contribution is 2.31. The number of amides is 4. The van der Waals surface area contributed by atoms with E-state index in [1.165, 1.54) is 44.2 Å². The Bertz CT molecular complexity index is 1370. The standard InChI is InChI=1S/C23H16FN3O6/c1-10(28)17-11(2)33-21(18(17)19(25)29)26-20(30)12-3-8-15-16(9-12)23(32)27(22(15)31)14-6-4-13(24)5-7-14/h3-9H,1-2H3,(H2,25,29)(H,26,30). The summed E-state index contributed by atoms with van der Waals surface area (Å²) in [5.41, 5.74) is 5.28. The van der Waals surface area contributed by atoms with Crippen LogP contribution in [-0.4, -0.2) is 29.4 Å². The molecule has 2 heterocycles. The summed E-state index contributed by atoms with van der Waals surface area (Å²) in [7, 11) is 0. The van der Waals surface area contributed by atoms with Crippen molar-refractivity contribution in [3.8, 4) is 0 Å². The third kappa shape index (κ3) is 3.57. The van der Waals surface area contributed by atoms with Gasteiger partial charge in [0.15, 0.2) is 5.78 Å². The second-order valence-corrected chi connectivity index (χ2v) is 7.29. The van der Waals surface area contributed by atoms with Crippen LogP contribution in [0.25, 0.3) is 0 Å². The van der Waals surface area contributed by atoms with Crippen molar-refractivity contribution in [2.24, 2.45) is 5.73 Å². The number of imide groups is 1. The third-order valence-electron chi connectivity index (χ3n) is 5.14. The van der Waals surface area contributed by atoms with Crippen molar-refractivity contribution in [2.45, 2.75) is 13.8 Å². The lowest BCUT2D eigenvalue weighted by Gasteiger charge is -2.13. The second-order valence-electron chi connectivity index (χ2n) is 7.29. The maximum absolute atomic E-state index is 13.2. The van der Waals surface area contributed by atoms with Gasteiger partial charge in [-0.15, -0.1) is 0 Å². The topological polar surface area (TPSA) is 140 Å². The molecule has 0 bridgehead atoms. The Morgan fingerprint density at radius 1 is 0.970 bits per heavy atom. The molecule has 3 aromatic rings. The van der Waals surface area contributed by atoms with E-state index in [1.807, 2.05) is 0 Å².